The second-order valence-electron chi connectivity index (χ2n) is 14.4. The molecule has 3 fully saturated rings. The molecule has 4 amide bonds. The van der Waals surface area contributed by atoms with Gasteiger partial charge in [-0.2, -0.15) is 0 Å². The molecule has 10 unspecified atom stereocenters. The molecule has 2 aliphatic heterocycles. The van der Waals surface area contributed by atoms with Crippen LogP contribution in [0, 0.1) is 35.5 Å². The van der Waals surface area contributed by atoms with Gasteiger partial charge in [0.15, 0.2) is 0 Å². The van der Waals surface area contributed by atoms with Gasteiger partial charge in [0.05, 0.1) is 17.6 Å². The highest BCUT2D eigenvalue weighted by Gasteiger charge is 2.56. The first-order valence-corrected chi connectivity index (χ1v) is 15.9. The lowest BCUT2D eigenvalue weighted by Gasteiger charge is -2.52. The van der Waals surface area contributed by atoms with Gasteiger partial charge in [-0.1, -0.05) is 13.3 Å². The topological polar surface area (TPSA) is 116 Å². The van der Waals surface area contributed by atoms with E-state index in [0.29, 0.717) is 49.8 Å². The van der Waals surface area contributed by atoms with E-state index in [9.17, 15) is 23.9 Å². The lowest BCUT2D eigenvalue weighted by Crippen LogP contribution is -2.67. The van der Waals surface area contributed by atoms with Gasteiger partial charge >= 0.3 is 6.03 Å². The molecule has 0 bridgehead atoms. The zero-order valence-electron chi connectivity index (χ0n) is 25.2. The SMILES string of the molecule is CC1C(C2C(F)CC(C(N)=O)=C3NC4=C(CCC(C(C)(C)O)C4)C32)CCCC1N1C(=O)C2CCCC(F)C2N(C)C1=O. The minimum absolute atomic E-state index is 0.0415. The smallest absolute Gasteiger partial charge is 0.327 e. The molecule has 42 heavy (non-hydrogen) atoms. The summed E-state index contributed by atoms with van der Waals surface area (Å²) in [7, 11) is 1.60. The number of rotatable bonds is 4. The Bertz CT molecular complexity index is 1230. The number of allylic oxidation sites excluding steroid dienone is 2. The van der Waals surface area contributed by atoms with Gasteiger partial charge in [0, 0.05) is 48.3 Å². The van der Waals surface area contributed by atoms with Crippen LogP contribution in [0.3, 0.4) is 0 Å². The molecule has 0 aromatic carbocycles. The van der Waals surface area contributed by atoms with Crippen LogP contribution in [0.5, 0.6) is 0 Å². The van der Waals surface area contributed by atoms with Gasteiger partial charge in [-0.05, 0) is 88.5 Å². The first kappa shape index (κ1) is 29.6. The van der Waals surface area contributed by atoms with Crippen LogP contribution in [0.1, 0.15) is 85.0 Å². The predicted molar refractivity (Wildman–Crippen MR) is 153 cm³/mol. The second-order valence-corrected chi connectivity index (χ2v) is 14.4. The number of carbonyl (C=O) groups excluding carboxylic acids is 3. The largest absolute Gasteiger partial charge is 0.390 e. The number of urea groups is 1. The molecule has 6 aliphatic rings. The molecule has 2 heterocycles. The third-order valence-corrected chi connectivity index (χ3v) is 11.8. The minimum Gasteiger partial charge on any atom is -0.390 e. The van der Waals surface area contributed by atoms with E-state index in [2.05, 4.69) is 5.32 Å². The van der Waals surface area contributed by atoms with Crippen LogP contribution in [0.25, 0.3) is 0 Å². The molecule has 0 aromatic rings. The standard InChI is InChI=1S/C32H46F2N4O4/c1-15-17(7-6-10-24(15)38-30(40)19-8-5-9-21(33)28(19)37(4)31(38)41)25-22(34)14-20(29(35)39)27-26(25)18-12-11-16(32(2,3)42)13-23(18)36-27/h15-17,19,21-22,24-26,28,36,42H,5-14H2,1-4H3,(H2,35,39). The van der Waals surface area contributed by atoms with Gasteiger partial charge in [0.1, 0.15) is 12.3 Å². The minimum atomic E-state index is -1.29. The number of hydrogen-bond donors (Lipinski definition) is 3. The maximum absolute atomic E-state index is 16.4. The van der Waals surface area contributed by atoms with Crippen LogP contribution in [-0.2, 0) is 9.59 Å². The monoisotopic (exact) mass is 588 g/mol. The van der Waals surface area contributed by atoms with Crippen LogP contribution < -0.4 is 11.1 Å². The van der Waals surface area contributed by atoms with Gasteiger partial charge in [-0.25, -0.2) is 13.6 Å². The zero-order chi connectivity index (χ0) is 30.2. The molecule has 8 nitrogen and oxygen atoms in total. The van der Waals surface area contributed by atoms with Crippen molar-refractivity contribution < 1.29 is 28.3 Å². The second kappa shape index (κ2) is 10.6. The summed E-state index contributed by atoms with van der Waals surface area (Å²) in [6.07, 6.45) is 3.24. The number of hydrogen-bond acceptors (Lipinski definition) is 5. The zero-order valence-corrected chi connectivity index (χ0v) is 25.2. The van der Waals surface area contributed by atoms with Crippen molar-refractivity contribution in [1.29, 1.82) is 0 Å². The number of fused-ring (bicyclic) bond motifs is 3. The predicted octanol–water partition coefficient (Wildman–Crippen LogP) is 4.33. The van der Waals surface area contributed by atoms with Gasteiger partial charge < -0.3 is 21.1 Å². The Kier molecular flexibility index (Phi) is 7.46. The summed E-state index contributed by atoms with van der Waals surface area (Å²) >= 11 is 0. The van der Waals surface area contributed by atoms with Crippen LogP contribution >= 0.6 is 0 Å². The highest BCUT2D eigenvalue weighted by atomic mass is 19.1. The van der Waals surface area contributed by atoms with Crippen LogP contribution in [0.2, 0.25) is 0 Å². The van der Waals surface area contributed by atoms with Gasteiger partial charge in [0.25, 0.3) is 0 Å². The van der Waals surface area contributed by atoms with Crippen molar-refractivity contribution in [2.45, 2.75) is 115 Å². The average molecular weight is 589 g/mol. The van der Waals surface area contributed by atoms with Crippen LogP contribution in [-0.4, -0.2) is 69.8 Å². The van der Waals surface area contributed by atoms with Crippen molar-refractivity contribution in [3.63, 3.8) is 0 Å². The number of aliphatic hydroxyl groups is 1. The molecule has 4 N–H and O–H groups in total. The first-order valence-electron chi connectivity index (χ1n) is 15.9. The summed E-state index contributed by atoms with van der Waals surface area (Å²) in [6, 6.07) is -1.55. The Hall–Kier alpha value is -2.49. The number of nitrogens with one attached hydrogen (secondary N) is 1. The number of nitrogens with zero attached hydrogens (tertiary/aromatic N) is 2. The van der Waals surface area contributed by atoms with Crippen LogP contribution in [0.15, 0.2) is 22.5 Å². The van der Waals surface area contributed by atoms with E-state index in [1.165, 1.54) is 9.80 Å². The number of alkyl halides is 2. The van der Waals surface area contributed by atoms with E-state index in [4.69, 9.17) is 5.73 Å². The van der Waals surface area contributed by atoms with Gasteiger partial charge in [-0.15, -0.1) is 0 Å². The molecule has 10 heteroatoms. The first-order chi connectivity index (χ1) is 19.8. The lowest BCUT2D eigenvalue weighted by molar-refractivity contribution is -0.147. The molecule has 0 spiro atoms. The molecule has 1 saturated heterocycles. The van der Waals surface area contributed by atoms with Crippen molar-refractivity contribution in [3.8, 4) is 0 Å². The van der Waals surface area contributed by atoms with Crippen molar-refractivity contribution in [1.82, 2.24) is 15.1 Å². The summed E-state index contributed by atoms with van der Waals surface area (Å²) in [5, 5.41) is 14.2. The number of amides is 4. The number of primary amides is 1. The van der Waals surface area contributed by atoms with E-state index < -0.39 is 53.8 Å². The normalized spacial score (nSPS) is 40.9. The Morgan fingerprint density at radius 3 is 2.45 bits per heavy atom. The third-order valence-electron chi connectivity index (χ3n) is 11.8. The number of nitrogens with two attached hydrogens (primary N) is 1. The van der Waals surface area contributed by atoms with Gasteiger partial charge in [-0.3, -0.25) is 14.5 Å². The molecular formula is C32H46F2N4O4. The molecule has 0 radical (unpaired) electrons. The quantitative estimate of drug-likeness (QED) is 0.452. The average Bonchev–Trinajstić information content (AvgIpc) is 3.30. The summed E-state index contributed by atoms with van der Waals surface area (Å²) < 4.78 is 31.3. The molecule has 0 aromatic heterocycles. The summed E-state index contributed by atoms with van der Waals surface area (Å²) in [4.78, 5) is 42.7. The van der Waals surface area contributed by atoms with Gasteiger partial charge in [0.2, 0.25) is 11.8 Å². The van der Waals surface area contributed by atoms with E-state index in [1.807, 2.05) is 20.8 Å². The van der Waals surface area contributed by atoms with E-state index >= 15 is 4.39 Å². The highest BCUT2D eigenvalue weighted by Crippen LogP contribution is 2.55. The fourth-order valence-electron chi connectivity index (χ4n) is 9.60. The molecule has 4 aliphatic carbocycles. The van der Waals surface area contributed by atoms with E-state index in [0.717, 1.165) is 30.5 Å². The lowest BCUT2D eigenvalue weighted by atomic mass is 9.60. The van der Waals surface area contributed by atoms with Crippen molar-refractivity contribution >= 4 is 17.8 Å². The Morgan fingerprint density at radius 1 is 1.05 bits per heavy atom. The summed E-state index contributed by atoms with van der Waals surface area (Å²) in [5.41, 5.74) is 8.01. The highest BCUT2D eigenvalue weighted by molar-refractivity contribution is 5.99. The maximum atomic E-state index is 16.4. The fraction of sp³-hybridized carbons (Fsp3) is 0.781. The number of carbonyl (C=O) groups is 3. The van der Waals surface area contributed by atoms with Crippen molar-refractivity contribution in [3.05, 3.63) is 22.5 Å². The van der Waals surface area contributed by atoms with Crippen molar-refractivity contribution in [2.75, 3.05) is 7.05 Å². The third kappa shape index (κ3) is 4.58. The Balaban J connectivity index is 1.32. The van der Waals surface area contributed by atoms with E-state index in [-0.39, 0.29) is 36.0 Å². The molecule has 6 rings (SSSR count). The molecule has 10 atom stereocenters. The fourth-order valence-corrected chi connectivity index (χ4v) is 9.60. The number of imide groups is 1. The Morgan fingerprint density at radius 2 is 1.76 bits per heavy atom. The van der Waals surface area contributed by atoms with E-state index in [1.54, 1.807) is 7.05 Å². The maximum Gasteiger partial charge on any atom is 0.327 e. The summed E-state index contributed by atoms with van der Waals surface area (Å²) in [5.74, 6) is -2.43. The molecular weight excluding hydrogens is 542 g/mol. The molecule has 2 saturated carbocycles. The summed E-state index contributed by atoms with van der Waals surface area (Å²) in [6.45, 7) is 5.66. The van der Waals surface area contributed by atoms with Crippen molar-refractivity contribution in [2.24, 2.45) is 41.2 Å². The van der Waals surface area contributed by atoms with Crippen LogP contribution in [0.4, 0.5) is 13.6 Å². The number of halogens is 2. The Labute approximate surface area is 247 Å². The molecule has 232 valence electrons.